The predicted octanol–water partition coefficient (Wildman–Crippen LogP) is 2.42. The Labute approximate surface area is 177 Å². The molecule has 1 atom stereocenters. The molecule has 0 radical (unpaired) electrons. The second kappa shape index (κ2) is 7.08. The fraction of sp³-hybridized carbons (Fsp3) is 0.286. The third-order valence-electron chi connectivity index (χ3n) is 5.54. The zero-order valence-electron chi connectivity index (χ0n) is 17.6. The van der Waals surface area contributed by atoms with Gasteiger partial charge in [0.1, 0.15) is 17.3 Å². The van der Waals surface area contributed by atoms with Gasteiger partial charge in [-0.1, -0.05) is 6.07 Å². The second-order valence-electron chi connectivity index (χ2n) is 7.38. The number of carbonyl (C=O) groups is 1. The monoisotopic (exact) mass is 419 g/mol. The van der Waals surface area contributed by atoms with Gasteiger partial charge < -0.3 is 14.8 Å². The first-order valence-corrected chi connectivity index (χ1v) is 9.81. The van der Waals surface area contributed by atoms with Crippen molar-refractivity contribution in [2.45, 2.75) is 26.2 Å². The summed E-state index contributed by atoms with van der Waals surface area (Å²) in [4.78, 5) is 12.7. The minimum atomic E-state index is -0.210. The first-order chi connectivity index (χ1) is 15.0. The summed E-state index contributed by atoms with van der Waals surface area (Å²) in [6.07, 6.45) is 0.291. The molecule has 158 valence electrons. The summed E-state index contributed by atoms with van der Waals surface area (Å²) in [5, 5.41) is 20.4. The summed E-state index contributed by atoms with van der Waals surface area (Å²) in [6, 6.07) is 9.26. The minimum Gasteiger partial charge on any atom is -0.497 e. The van der Waals surface area contributed by atoms with Gasteiger partial charge in [0.15, 0.2) is 17.3 Å². The van der Waals surface area contributed by atoms with Crippen molar-refractivity contribution < 1.29 is 14.3 Å². The highest BCUT2D eigenvalue weighted by Gasteiger charge is 2.34. The lowest BCUT2D eigenvalue weighted by Crippen LogP contribution is -2.25. The van der Waals surface area contributed by atoms with E-state index in [0.717, 1.165) is 16.8 Å². The van der Waals surface area contributed by atoms with E-state index < -0.39 is 0 Å². The van der Waals surface area contributed by atoms with Crippen molar-refractivity contribution >= 4 is 17.4 Å². The molecule has 4 heterocycles. The average Bonchev–Trinajstić information content (AvgIpc) is 3.32. The molecule has 1 aromatic carbocycles. The molecule has 0 spiro atoms. The fourth-order valence-corrected chi connectivity index (χ4v) is 4.08. The molecule has 10 heteroatoms. The molecule has 10 nitrogen and oxygen atoms in total. The number of nitrogens with zero attached hydrogens (tertiary/aromatic N) is 6. The molecule has 0 saturated carbocycles. The molecule has 4 aromatic rings. The van der Waals surface area contributed by atoms with Gasteiger partial charge in [0, 0.05) is 29.5 Å². The molecule has 1 amide bonds. The highest BCUT2D eigenvalue weighted by atomic mass is 16.5. The fourth-order valence-electron chi connectivity index (χ4n) is 4.08. The minimum absolute atomic E-state index is 0.0990. The van der Waals surface area contributed by atoms with E-state index in [9.17, 15) is 4.79 Å². The quantitative estimate of drug-likeness (QED) is 0.541. The molecule has 5 rings (SSSR count). The van der Waals surface area contributed by atoms with Gasteiger partial charge in [-0.3, -0.25) is 4.79 Å². The molecule has 0 unspecified atom stereocenters. The number of hydrogen-bond donors (Lipinski definition) is 1. The number of rotatable bonds is 4. The molecule has 1 aliphatic heterocycles. The van der Waals surface area contributed by atoms with E-state index in [1.165, 1.54) is 0 Å². The van der Waals surface area contributed by atoms with E-state index in [4.69, 9.17) is 14.6 Å². The number of benzene rings is 1. The van der Waals surface area contributed by atoms with Crippen LogP contribution in [0.2, 0.25) is 0 Å². The number of carbonyl (C=O) groups excluding carboxylic acids is 1. The van der Waals surface area contributed by atoms with E-state index in [-0.39, 0.29) is 11.8 Å². The Morgan fingerprint density at radius 3 is 2.68 bits per heavy atom. The molecule has 0 saturated heterocycles. The summed E-state index contributed by atoms with van der Waals surface area (Å²) < 4.78 is 14.2. The Morgan fingerprint density at radius 1 is 1.06 bits per heavy atom. The lowest BCUT2D eigenvalue weighted by molar-refractivity contribution is -0.116. The Morgan fingerprint density at radius 2 is 1.90 bits per heavy atom. The van der Waals surface area contributed by atoms with Crippen LogP contribution >= 0.6 is 0 Å². The van der Waals surface area contributed by atoms with Crippen LogP contribution in [-0.4, -0.2) is 49.7 Å². The van der Waals surface area contributed by atoms with Crippen LogP contribution in [0.15, 0.2) is 30.3 Å². The van der Waals surface area contributed by atoms with Crippen molar-refractivity contribution in [3.63, 3.8) is 0 Å². The zero-order valence-corrected chi connectivity index (χ0v) is 17.6. The Kier molecular flexibility index (Phi) is 4.35. The number of methoxy groups -OCH3 is 2. The number of fused-ring (bicyclic) bond motifs is 2. The van der Waals surface area contributed by atoms with E-state index in [0.29, 0.717) is 41.0 Å². The second-order valence-corrected chi connectivity index (χ2v) is 7.38. The largest absolute Gasteiger partial charge is 0.497 e. The molecule has 1 aliphatic rings. The summed E-state index contributed by atoms with van der Waals surface area (Å²) in [6.45, 7) is 3.76. The number of ether oxygens (including phenoxy) is 2. The Hall–Kier alpha value is -3.95. The van der Waals surface area contributed by atoms with Crippen molar-refractivity contribution in [1.82, 2.24) is 29.6 Å². The van der Waals surface area contributed by atoms with E-state index >= 15 is 0 Å². The van der Waals surface area contributed by atoms with Gasteiger partial charge in [-0.15, -0.1) is 15.3 Å². The third kappa shape index (κ3) is 2.98. The van der Waals surface area contributed by atoms with Crippen LogP contribution in [0.25, 0.3) is 11.5 Å². The lowest BCUT2D eigenvalue weighted by atomic mass is 9.85. The summed E-state index contributed by atoms with van der Waals surface area (Å²) >= 11 is 0. The molecule has 0 fully saturated rings. The van der Waals surface area contributed by atoms with Crippen LogP contribution in [0, 0.1) is 13.8 Å². The number of amides is 1. The Bertz CT molecular complexity index is 1320. The van der Waals surface area contributed by atoms with Crippen LogP contribution in [-0.2, 0) is 4.79 Å². The maximum atomic E-state index is 12.7. The normalized spacial score (nSPS) is 15.6. The number of aryl methyl sites for hydroxylation is 2. The Balaban J connectivity index is 1.67. The van der Waals surface area contributed by atoms with Crippen molar-refractivity contribution in [3.8, 4) is 17.3 Å². The maximum absolute atomic E-state index is 12.7. The molecule has 31 heavy (non-hydrogen) atoms. The van der Waals surface area contributed by atoms with Crippen molar-refractivity contribution in [2.75, 3.05) is 19.5 Å². The topological polar surface area (TPSA) is 108 Å². The first-order valence-electron chi connectivity index (χ1n) is 9.81. The van der Waals surface area contributed by atoms with E-state index in [1.807, 2.05) is 38.1 Å². The van der Waals surface area contributed by atoms with Gasteiger partial charge in [-0.2, -0.15) is 14.3 Å². The molecular weight excluding hydrogens is 398 g/mol. The van der Waals surface area contributed by atoms with Crippen LogP contribution < -0.4 is 14.8 Å². The van der Waals surface area contributed by atoms with Crippen molar-refractivity contribution in [1.29, 1.82) is 0 Å². The van der Waals surface area contributed by atoms with E-state index in [1.54, 1.807) is 29.5 Å². The summed E-state index contributed by atoms with van der Waals surface area (Å²) in [7, 11) is 3.22. The molecule has 3 aromatic heterocycles. The smallest absolute Gasteiger partial charge is 0.226 e. The highest BCUT2D eigenvalue weighted by molar-refractivity contribution is 5.95. The van der Waals surface area contributed by atoms with Gasteiger partial charge in [0.05, 0.1) is 19.9 Å². The van der Waals surface area contributed by atoms with Crippen molar-refractivity contribution in [3.05, 3.63) is 53.0 Å². The van der Waals surface area contributed by atoms with Gasteiger partial charge in [0.2, 0.25) is 5.91 Å². The van der Waals surface area contributed by atoms with Crippen LogP contribution in [0.3, 0.4) is 0 Å². The highest BCUT2D eigenvalue weighted by Crippen LogP contribution is 2.43. The number of hydrogen-bond acceptors (Lipinski definition) is 7. The number of anilines is 1. The molecule has 0 bridgehead atoms. The van der Waals surface area contributed by atoms with Crippen LogP contribution in [0.1, 0.15) is 35.0 Å². The maximum Gasteiger partial charge on any atom is 0.226 e. The molecular formula is C21H21N7O3. The van der Waals surface area contributed by atoms with Gasteiger partial charge >= 0.3 is 0 Å². The predicted molar refractivity (Wildman–Crippen MR) is 112 cm³/mol. The lowest BCUT2D eigenvalue weighted by Gasteiger charge is -2.25. The van der Waals surface area contributed by atoms with Gasteiger partial charge in [-0.25, -0.2) is 0 Å². The molecule has 0 aliphatic carbocycles. The third-order valence-corrected chi connectivity index (χ3v) is 5.54. The van der Waals surface area contributed by atoms with Crippen molar-refractivity contribution in [2.24, 2.45) is 0 Å². The van der Waals surface area contributed by atoms with Gasteiger partial charge in [0.25, 0.3) is 0 Å². The van der Waals surface area contributed by atoms with Crippen LogP contribution in [0.4, 0.5) is 5.82 Å². The van der Waals surface area contributed by atoms with E-state index in [2.05, 4.69) is 20.6 Å². The standard InChI is InChI=1S/C21H21N7O3/c1-11-20-15(14-6-5-13(30-3)9-16(14)31-4)10-19(29)22-21(20)28(25-11)18-8-7-17-24-23-12(2)27(17)26-18/h5-9,15H,10H2,1-4H3,(H,22,29)/t15-/m1/s1. The number of nitrogens with one attached hydrogen (secondary N) is 1. The SMILES string of the molecule is COc1ccc([C@H]2CC(=O)Nc3c2c(C)nn3-c2ccc3nnc(C)n3n2)c(OC)c1. The number of aromatic nitrogens is 6. The zero-order chi connectivity index (χ0) is 21.7. The summed E-state index contributed by atoms with van der Waals surface area (Å²) in [5.74, 6) is 2.88. The average molecular weight is 419 g/mol. The van der Waals surface area contributed by atoms with Gasteiger partial charge in [-0.05, 0) is 32.0 Å². The van der Waals surface area contributed by atoms with Crippen LogP contribution in [0.5, 0.6) is 11.5 Å². The first kappa shape index (κ1) is 19.0. The summed E-state index contributed by atoms with van der Waals surface area (Å²) in [5.41, 5.74) is 3.29. The molecule has 1 N–H and O–H groups in total.